The lowest BCUT2D eigenvalue weighted by Gasteiger charge is -2.20. The maximum absolute atomic E-state index is 5.97. The summed E-state index contributed by atoms with van der Waals surface area (Å²) in [4.78, 5) is 8.58. The van der Waals surface area contributed by atoms with E-state index < -0.39 is 0 Å². The van der Waals surface area contributed by atoms with Gasteiger partial charge in [-0.05, 0) is 45.0 Å². The fraction of sp³-hybridized carbons (Fsp3) is 0.286. The number of nitrogens with zero attached hydrogens (tertiary/aromatic N) is 2. The molecule has 0 fully saturated rings. The van der Waals surface area contributed by atoms with Crippen LogP contribution in [0.5, 0.6) is 0 Å². The van der Waals surface area contributed by atoms with Crippen LogP contribution in [0.1, 0.15) is 20.8 Å². The molecule has 2 aromatic rings. The summed E-state index contributed by atoms with van der Waals surface area (Å²) in [6, 6.07) is 7.03. The Kier molecular flexibility index (Phi) is 4.35. The van der Waals surface area contributed by atoms with Crippen LogP contribution in [0.3, 0.4) is 0 Å². The van der Waals surface area contributed by atoms with Crippen molar-refractivity contribution in [3.8, 4) is 0 Å². The number of hydrogen-bond acceptors (Lipinski definition) is 4. The van der Waals surface area contributed by atoms with Crippen LogP contribution in [0.25, 0.3) is 0 Å². The van der Waals surface area contributed by atoms with Crippen molar-refractivity contribution in [2.75, 3.05) is 10.6 Å². The van der Waals surface area contributed by atoms with E-state index in [9.17, 15) is 0 Å². The summed E-state index contributed by atoms with van der Waals surface area (Å²) in [5.41, 5.74) is 0.681. The molecule has 6 heteroatoms. The van der Waals surface area contributed by atoms with Gasteiger partial charge in [-0.2, -0.15) is 4.98 Å². The Bertz CT molecular complexity index is 588. The van der Waals surface area contributed by atoms with Crippen LogP contribution >= 0.6 is 23.2 Å². The minimum absolute atomic E-state index is 0.0992. The van der Waals surface area contributed by atoms with E-state index in [0.717, 1.165) is 5.69 Å². The molecule has 0 saturated heterocycles. The zero-order valence-corrected chi connectivity index (χ0v) is 13.0. The number of benzene rings is 1. The molecule has 0 saturated carbocycles. The van der Waals surface area contributed by atoms with Gasteiger partial charge < -0.3 is 10.6 Å². The third-order valence-corrected chi connectivity index (χ3v) is 2.71. The van der Waals surface area contributed by atoms with Crippen LogP contribution in [0.15, 0.2) is 30.5 Å². The molecule has 0 aliphatic rings. The van der Waals surface area contributed by atoms with Crippen molar-refractivity contribution in [3.63, 3.8) is 0 Å². The lowest BCUT2D eigenvalue weighted by atomic mass is 10.1. The van der Waals surface area contributed by atoms with E-state index in [-0.39, 0.29) is 5.54 Å². The number of halogens is 2. The standard InChI is InChI=1S/C14H16Cl2N4/c1-14(2,3)20-13-17-5-4-12(19-13)18-11-7-9(15)6-10(16)8-11/h4-8H,1-3H3,(H2,17,18,19,20). The highest BCUT2D eigenvalue weighted by atomic mass is 35.5. The van der Waals surface area contributed by atoms with Crippen molar-refractivity contribution in [1.82, 2.24) is 9.97 Å². The number of hydrogen-bond donors (Lipinski definition) is 2. The Morgan fingerprint density at radius 3 is 2.30 bits per heavy atom. The second-order valence-electron chi connectivity index (χ2n) is 5.42. The Morgan fingerprint density at radius 1 is 1.05 bits per heavy atom. The average molecular weight is 311 g/mol. The summed E-state index contributed by atoms with van der Waals surface area (Å²) in [5, 5.41) is 7.51. The molecule has 0 radical (unpaired) electrons. The smallest absolute Gasteiger partial charge is 0.225 e. The molecule has 0 unspecified atom stereocenters. The molecule has 0 aliphatic heterocycles. The Balaban J connectivity index is 2.19. The lowest BCUT2D eigenvalue weighted by Crippen LogP contribution is -2.27. The molecule has 0 atom stereocenters. The van der Waals surface area contributed by atoms with E-state index in [1.165, 1.54) is 0 Å². The van der Waals surface area contributed by atoms with E-state index in [2.05, 4.69) is 20.6 Å². The Hall–Kier alpha value is -1.52. The van der Waals surface area contributed by atoms with Gasteiger partial charge in [-0.3, -0.25) is 0 Å². The summed E-state index contributed by atoms with van der Waals surface area (Å²) in [6.45, 7) is 6.15. The van der Waals surface area contributed by atoms with Crippen molar-refractivity contribution >= 4 is 40.7 Å². The van der Waals surface area contributed by atoms with Gasteiger partial charge in [0.15, 0.2) is 0 Å². The monoisotopic (exact) mass is 310 g/mol. The first-order chi connectivity index (χ1) is 9.32. The topological polar surface area (TPSA) is 49.8 Å². The second kappa shape index (κ2) is 5.85. The Labute approximate surface area is 128 Å². The molecule has 4 nitrogen and oxygen atoms in total. The summed E-state index contributed by atoms with van der Waals surface area (Å²) in [7, 11) is 0. The van der Waals surface area contributed by atoms with Gasteiger partial charge >= 0.3 is 0 Å². The zero-order valence-electron chi connectivity index (χ0n) is 11.5. The molecule has 0 spiro atoms. The van der Waals surface area contributed by atoms with E-state index in [4.69, 9.17) is 23.2 Å². The maximum Gasteiger partial charge on any atom is 0.225 e. The fourth-order valence-corrected chi connectivity index (χ4v) is 2.12. The molecule has 1 aromatic carbocycles. The molecule has 0 aliphatic carbocycles. The maximum atomic E-state index is 5.97. The van der Waals surface area contributed by atoms with Crippen LogP contribution < -0.4 is 10.6 Å². The summed E-state index contributed by atoms with van der Waals surface area (Å²) >= 11 is 11.9. The molecule has 1 heterocycles. The van der Waals surface area contributed by atoms with Gasteiger partial charge in [0, 0.05) is 27.5 Å². The van der Waals surface area contributed by atoms with Crippen molar-refractivity contribution in [2.45, 2.75) is 26.3 Å². The van der Waals surface area contributed by atoms with Gasteiger partial charge in [-0.15, -0.1) is 0 Å². The highest BCUT2D eigenvalue weighted by Crippen LogP contribution is 2.25. The zero-order chi connectivity index (χ0) is 14.8. The minimum Gasteiger partial charge on any atom is -0.350 e. The fourth-order valence-electron chi connectivity index (χ4n) is 1.60. The molecule has 0 bridgehead atoms. The van der Waals surface area contributed by atoms with Crippen molar-refractivity contribution in [3.05, 3.63) is 40.5 Å². The molecule has 2 N–H and O–H groups in total. The Morgan fingerprint density at radius 2 is 1.70 bits per heavy atom. The molecule has 106 valence electrons. The van der Waals surface area contributed by atoms with Crippen LogP contribution in [0.2, 0.25) is 10.0 Å². The first-order valence-corrected chi connectivity index (χ1v) is 6.92. The van der Waals surface area contributed by atoms with Gasteiger partial charge in [-0.1, -0.05) is 23.2 Å². The van der Waals surface area contributed by atoms with Crippen LogP contribution in [-0.2, 0) is 0 Å². The second-order valence-corrected chi connectivity index (χ2v) is 6.30. The molecular formula is C14H16Cl2N4. The number of anilines is 3. The average Bonchev–Trinajstić information content (AvgIpc) is 2.25. The molecule has 1 aromatic heterocycles. The predicted molar refractivity (Wildman–Crippen MR) is 85.2 cm³/mol. The van der Waals surface area contributed by atoms with Crippen molar-refractivity contribution in [1.29, 1.82) is 0 Å². The van der Waals surface area contributed by atoms with Crippen LogP contribution in [0, 0.1) is 0 Å². The van der Waals surface area contributed by atoms with Crippen LogP contribution in [0.4, 0.5) is 17.5 Å². The summed E-state index contributed by atoms with van der Waals surface area (Å²) < 4.78 is 0. The molecule has 0 amide bonds. The third-order valence-electron chi connectivity index (χ3n) is 2.28. The number of aromatic nitrogens is 2. The van der Waals surface area contributed by atoms with Crippen molar-refractivity contribution < 1.29 is 0 Å². The largest absolute Gasteiger partial charge is 0.350 e. The van der Waals surface area contributed by atoms with E-state index in [1.54, 1.807) is 30.5 Å². The summed E-state index contributed by atoms with van der Waals surface area (Å²) in [5.74, 6) is 1.24. The van der Waals surface area contributed by atoms with Gasteiger partial charge in [-0.25, -0.2) is 4.98 Å². The number of rotatable bonds is 3. The van der Waals surface area contributed by atoms with E-state index >= 15 is 0 Å². The first kappa shape index (κ1) is 14.9. The SMILES string of the molecule is CC(C)(C)Nc1nccc(Nc2cc(Cl)cc(Cl)c2)n1. The number of nitrogens with one attached hydrogen (secondary N) is 2. The minimum atomic E-state index is -0.0992. The van der Waals surface area contributed by atoms with E-state index in [1.807, 2.05) is 20.8 Å². The first-order valence-electron chi connectivity index (χ1n) is 6.16. The quantitative estimate of drug-likeness (QED) is 0.860. The normalized spacial score (nSPS) is 11.2. The van der Waals surface area contributed by atoms with Gasteiger partial charge in [0.1, 0.15) is 5.82 Å². The molecular weight excluding hydrogens is 295 g/mol. The lowest BCUT2D eigenvalue weighted by molar-refractivity contribution is 0.626. The molecule has 2 rings (SSSR count). The van der Waals surface area contributed by atoms with Gasteiger partial charge in [0.2, 0.25) is 5.95 Å². The van der Waals surface area contributed by atoms with Crippen molar-refractivity contribution in [2.24, 2.45) is 0 Å². The van der Waals surface area contributed by atoms with Gasteiger partial charge in [0.25, 0.3) is 0 Å². The predicted octanol–water partition coefficient (Wildman–Crippen LogP) is 4.74. The molecule has 20 heavy (non-hydrogen) atoms. The highest BCUT2D eigenvalue weighted by Gasteiger charge is 2.11. The van der Waals surface area contributed by atoms with Gasteiger partial charge in [0.05, 0.1) is 0 Å². The van der Waals surface area contributed by atoms with E-state index in [0.29, 0.717) is 21.8 Å². The van der Waals surface area contributed by atoms with Crippen LogP contribution in [-0.4, -0.2) is 15.5 Å². The third kappa shape index (κ3) is 4.54. The summed E-state index contributed by atoms with van der Waals surface area (Å²) in [6.07, 6.45) is 1.69. The highest BCUT2D eigenvalue weighted by molar-refractivity contribution is 6.35.